The molecule has 0 rings (SSSR count). The molecule has 0 saturated carbocycles. The van der Waals surface area contributed by atoms with E-state index in [1.807, 2.05) is 0 Å². The molecule has 0 aromatic heterocycles. The maximum absolute atomic E-state index is 12.8. The molecule has 6 nitrogen and oxygen atoms in total. The van der Waals surface area contributed by atoms with Crippen molar-refractivity contribution in [3.8, 4) is 0 Å². The van der Waals surface area contributed by atoms with Crippen LogP contribution in [0.2, 0.25) is 0 Å². The fraction of sp³-hybridized carbons (Fsp3) is 0.721. The lowest BCUT2D eigenvalue weighted by atomic mass is 10.0. The van der Waals surface area contributed by atoms with Gasteiger partial charge in [-0.05, 0) is 109 Å². The van der Waals surface area contributed by atoms with Crippen molar-refractivity contribution in [1.29, 1.82) is 0 Å². The van der Waals surface area contributed by atoms with E-state index in [-0.39, 0.29) is 31.1 Å². The van der Waals surface area contributed by atoms with Crippen molar-refractivity contribution in [2.45, 2.75) is 303 Å². The summed E-state index contributed by atoms with van der Waals surface area (Å²) in [6.45, 7) is 6.39. The first-order chi connectivity index (χ1) is 36.5. The molecule has 0 aliphatic rings. The van der Waals surface area contributed by atoms with Crippen molar-refractivity contribution in [3.05, 3.63) is 97.2 Å². The van der Waals surface area contributed by atoms with Crippen LogP contribution in [0.5, 0.6) is 0 Å². The van der Waals surface area contributed by atoms with E-state index in [9.17, 15) is 14.4 Å². The zero-order valence-corrected chi connectivity index (χ0v) is 48.6. The summed E-state index contributed by atoms with van der Waals surface area (Å²) in [5, 5.41) is 0. The predicted octanol–water partition coefficient (Wildman–Crippen LogP) is 21.3. The average Bonchev–Trinajstić information content (AvgIpc) is 3.40. The van der Waals surface area contributed by atoms with E-state index in [2.05, 4.69) is 118 Å². The molecule has 0 fully saturated rings. The number of hydrogen-bond donors (Lipinski definition) is 0. The second-order valence-corrected chi connectivity index (χ2v) is 20.6. The molecule has 0 amide bonds. The quantitative estimate of drug-likeness (QED) is 0.0261. The van der Waals surface area contributed by atoms with Gasteiger partial charge in [-0.3, -0.25) is 14.4 Å². The highest BCUT2D eigenvalue weighted by Crippen LogP contribution is 2.16. The van der Waals surface area contributed by atoms with Crippen LogP contribution in [0.4, 0.5) is 0 Å². The molecular formula is C68H116O6. The van der Waals surface area contributed by atoms with E-state index >= 15 is 0 Å². The Morgan fingerprint density at radius 3 is 0.851 bits per heavy atom. The third kappa shape index (κ3) is 59.2. The maximum atomic E-state index is 12.8. The zero-order chi connectivity index (χ0) is 53.6. The van der Waals surface area contributed by atoms with Crippen LogP contribution in [0.1, 0.15) is 297 Å². The summed E-state index contributed by atoms with van der Waals surface area (Å²) in [5.74, 6) is -0.903. The standard InChI is InChI=1S/C68H116O6/c1-4-7-10-13-16-19-22-24-25-26-27-28-29-30-31-32-33-34-35-36-37-38-39-40-41-42-43-45-46-49-52-55-58-61-67(70)73-64-65(63-72-66(69)60-57-54-51-48-21-18-15-12-9-6-3)74-68(71)62-59-56-53-50-47-44-23-20-17-14-11-8-5-2/h7,10-12,14-16,19-20,23-25,27-28,30-31,65H,4-6,8-9,13,17-18,21-22,26,29,32-64H2,1-3H3/b10-7-,14-11-,15-12-,19-16-,23-20-,25-24-,28-27-,31-30-. The summed E-state index contributed by atoms with van der Waals surface area (Å²) in [7, 11) is 0. The van der Waals surface area contributed by atoms with Crippen LogP contribution in [0.25, 0.3) is 0 Å². The Hall–Kier alpha value is -3.67. The number of unbranched alkanes of at least 4 members (excludes halogenated alkanes) is 29. The van der Waals surface area contributed by atoms with Crippen LogP contribution in [-0.4, -0.2) is 37.2 Å². The van der Waals surface area contributed by atoms with Gasteiger partial charge in [0.1, 0.15) is 13.2 Å². The number of carbonyl (C=O) groups excluding carboxylic acids is 3. The van der Waals surface area contributed by atoms with E-state index in [1.165, 1.54) is 122 Å². The highest BCUT2D eigenvalue weighted by atomic mass is 16.6. The number of hydrogen-bond acceptors (Lipinski definition) is 6. The molecule has 1 atom stereocenters. The summed E-state index contributed by atoms with van der Waals surface area (Å²) in [5.41, 5.74) is 0. The normalized spacial score (nSPS) is 12.7. The van der Waals surface area contributed by atoms with Crippen LogP contribution in [0.15, 0.2) is 97.2 Å². The van der Waals surface area contributed by atoms with E-state index in [0.717, 1.165) is 135 Å². The Morgan fingerprint density at radius 2 is 0.527 bits per heavy atom. The summed E-state index contributed by atoms with van der Waals surface area (Å²) in [6, 6.07) is 0. The first-order valence-corrected chi connectivity index (χ1v) is 31.2. The molecule has 6 heteroatoms. The molecule has 0 aromatic carbocycles. The molecule has 0 aliphatic heterocycles. The first kappa shape index (κ1) is 70.3. The Labute approximate surface area is 457 Å². The third-order valence-corrected chi connectivity index (χ3v) is 13.3. The van der Waals surface area contributed by atoms with Gasteiger partial charge in [0.25, 0.3) is 0 Å². The Balaban J connectivity index is 4.07. The lowest BCUT2D eigenvalue weighted by Crippen LogP contribution is -2.30. The molecular weight excluding hydrogens is 913 g/mol. The second-order valence-electron chi connectivity index (χ2n) is 20.6. The van der Waals surface area contributed by atoms with Crippen LogP contribution in [0, 0.1) is 0 Å². The van der Waals surface area contributed by atoms with E-state index in [1.54, 1.807) is 0 Å². The molecule has 0 N–H and O–H groups in total. The Morgan fingerprint density at radius 1 is 0.284 bits per heavy atom. The van der Waals surface area contributed by atoms with Crippen LogP contribution < -0.4 is 0 Å². The van der Waals surface area contributed by atoms with Crippen molar-refractivity contribution >= 4 is 17.9 Å². The van der Waals surface area contributed by atoms with Crippen molar-refractivity contribution in [3.63, 3.8) is 0 Å². The van der Waals surface area contributed by atoms with Gasteiger partial charge >= 0.3 is 17.9 Å². The Kier molecular flexibility index (Phi) is 58.8. The fourth-order valence-electron chi connectivity index (χ4n) is 8.63. The number of carbonyl (C=O) groups is 3. The van der Waals surface area contributed by atoms with Gasteiger partial charge in [-0.1, -0.05) is 266 Å². The molecule has 0 saturated heterocycles. The monoisotopic (exact) mass is 1030 g/mol. The van der Waals surface area contributed by atoms with Gasteiger partial charge in [0.05, 0.1) is 0 Å². The van der Waals surface area contributed by atoms with Gasteiger partial charge < -0.3 is 14.2 Å². The van der Waals surface area contributed by atoms with Gasteiger partial charge in [-0.15, -0.1) is 0 Å². The van der Waals surface area contributed by atoms with Crippen LogP contribution in [-0.2, 0) is 28.6 Å². The maximum Gasteiger partial charge on any atom is 0.306 e. The first-order valence-electron chi connectivity index (χ1n) is 31.2. The number of rotatable bonds is 56. The lowest BCUT2D eigenvalue weighted by Gasteiger charge is -2.18. The fourth-order valence-corrected chi connectivity index (χ4v) is 8.63. The summed E-state index contributed by atoms with van der Waals surface area (Å²) < 4.78 is 16.8. The summed E-state index contributed by atoms with van der Waals surface area (Å²) >= 11 is 0. The van der Waals surface area contributed by atoms with E-state index < -0.39 is 6.10 Å². The summed E-state index contributed by atoms with van der Waals surface area (Å²) in [6.07, 6.45) is 82.9. The molecule has 0 aromatic rings. The van der Waals surface area contributed by atoms with Crippen molar-refractivity contribution in [2.75, 3.05) is 13.2 Å². The van der Waals surface area contributed by atoms with Gasteiger partial charge in [0.15, 0.2) is 6.10 Å². The van der Waals surface area contributed by atoms with Gasteiger partial charge in [0.2, 0.25) is 0 Å². The summed E-state index contributed by atoms with van der Waals surface area (Å²) in [4.78, 5) is 38.1. The third-order valence-electron chi connectivity index (χ3n) is 13.3. The predicted molar refractivity (Wildman–Crippen MR) is 320 cm³/mol. The Bertz CT molecular complexity index is 1460. The molecule has 0 heterocycles. The molecule has 1 unspecified atom stereocenters. The minimum Gasteiger partial charge on any atom is -0.462 e. The number of ether oxygens (including phenoxy) is 3. The lowest BCUT2D eigenvalue weighted by molar-refractivity contribution is -0.167. The highest BCUT2D eigenvalue weighted by molar-refractivity contribution is 5.71. The molecule has 0 radical (unpaired) electrons. The highest BCUT2D eigenvalue weighted by Gasteiger charge is 2.19. The molecule has 424 valence electrons. The van der Waals surface area contributed by atoms with Gasteiger partial charge in [-0.2, -0.15) is 0 Å². The topological polar surface area (TPSA) is 78.9 Å². The number of esters is 3. The zero-order valence-electron chi connectivity index (χ0n) is 48.6. The molecule has 0 aliphatic carbocycles. The van der Waals surface area contributed by atoms with Gasteiger partial charge in [0, 0.05) is 19.3 Å². The average molecular weight is 1030 g/mol. The van der Waals surface area contributed by atoms with Crippen LogP contribution >= 0.6 is 0 Å². The minimum atomic E-state index is -0.785. The largest absolute Gasteiger partial charge is 0.462 e. The van der Waals surface area contributed by atoms with E-state index in [4.69, 9.17) is 14.2 Å². The SMILES string of the molecule is CC/C=C\C/C=C\C/C=C\C/C=C\C/C=C\CCCCCCCCCCCCCCCCCCCC(=O)OCC(COC(=O)CCCCCCC/C=C\CCC)OC(=O)CCCCCCC/C=C\C/C=C\CCC. The minimum absolute atomic E-state index is 0.0834. The van der Waals surface area contributed by atoms with E-state index in [0.29, 0.717) is 19.3 Å². The molecule has 0 spiro atoms. The number of allylic oxidation sites excluding steroid dienone is 16. The second kappa shape index (κ2) is 61.9. The van der Waals surface area contributed by atoms with Crippen molar-refractivity contribution in [1.82, 2.24) is 0 Å². The molecule has 0 bridgehead atoms. The van der Waals surface area contributed by atoms with Crippen molar-refractivity contribution < 1.29 is 28.6 Å². The van der Waals surface area contributed by atoms with Crippen LogP contribution in [0.3, 0.4) is 0 Å². The van der Waals surface area contributed by atoms with Gasteiger partial charge in [-0.25, -0.2) is 0 Å². The smallest absolute Gasteiger partial charge is 0.306 e. The van der Waals surface area contributed by atoms with Crippen molar-refractivity contribution in [2.24, 2.45) is 0 Å². The molecule has 74 heavy (non-hydrogen) atoms.